The van der Waals surface area contributed by atoms with Crippen molar-refractivity contribution in [1.82, 2.24) is 10.2 Å². The van der Waals surface area contributed by atoms with E-state index in [0.29, 0.717) is 26.2 Å². The molecule has 98 valence electrons. The second-order valence-electron chi connectivity index (χ2n) is 4.41. The van der Waals surface area contributed by atoms with E-state index in [-0.39, 0.29) is 11.9 Å². The van der Waals surface area contributed by atoms with E-state index in [0.717, 1.165) is 6.42 Å². The van der Waals surface area contributed by atoms with E-state index in [4.69, 9.17) is 9.84 Å². The van der Waals surface area contributed by atoms with Crippen molar-refractivity contribution in [3.05, 3.63) is 0 Å². The summed E-state index contributed by atoms with van der Waals surface area (Å²) >= 11 is 0. The highest BCUT2D eigenvalue weighted by atomic mass is 16.5. The molecule has 0 aromatic rings. The van der Waals surface area contributed by atoms with Crippen molar-refractivity contribution in [2.75, 3.05) is 33.4 Å². The van der Waals surface area contributed by atoms with Gasteiger partial charge in [-0.05, 0) is 12.3 Å². The molecule has 0 bridgehead atoms. The molecule has 6 heteroatoms. The summed E-state index contributed by atoms with van der Waals surface area (Å²) in [6, 6.07) is -0.184. The lowest BCUT2D eigenvalue weighted by Gasteiger charge is -2.16. The van der Waals surface area contributed by atoms with Crippen LogP contribution in [-0.4, -0.2) is 55.4 Å². The summed E-state index contributed by atoms with van der Waals surface area (Å²) < 4.78 is 4.87. The summed E-state index contributed by atoms with van der Waals surface area (Å²) in [5.41, 5.74) is 0. The highest BCUT2D eigenvalue weighted by Crippen LogP contribution is 2.22. The van der Waals surface area contributed by atoms with Gasteiger partial charge in [0.05, 0.1) is 5.92 Å². The minimum absolute atomic E-state index is 0.0113. The lowest BCUT2D eigenvalue weighted by molar-refractivity contribution is -0.142. The topological polar surface area (TPSA) is 78.9 Å². The van der Waals surface area contributed by atoms with Crippen LogP contribution in [0.5, 0.6) is 0 Å². The average molecular weight is 244 g/mol. The lowest BCUT2D eigenvalue weighted by atomic mass is 9.99. The van der Waals surface area contributed by atoms with E-state index in [2.05, 4.69) is 5.32 Å². The number of hydrogen-bond acceptors (Lipinski definition) is 3. The number of ether oxygens (including phenoxy) is 1. The van der Waals surface area contributed by atoms with Gasteiger partial charge in [0.15, 0.2) is 0 Å². The predicted molar refractivity (Wildman–Crippen MR) is 61.8 cm³/mol. The molecule has 0 aromatic carbocycles. The van der Waals surface area contributed by atoms with Crippen LogP contribution >= 0.6 is 0 Å². The number of amides is 2. The standard InChI is InChI=1S/C11H20N2O4/c1-8-6-13(7-9(8)10(14)15)11(16)12-4-3-5-17-2/h8-9H,3-7H2,1-2H3,(H,12,16)(H,14,15)/t8-,9-/m1/s1. The Hall–Kier alpha value is -1.30. The summed E-state index contributed by atoms with van der Waals surface area (Å²) in [5, 5.41) is 11.7. The van der Waals surface area contributed by atoms with E-state index in [1.54, 1.807) is 12.0 Å². The fraction of sp³-hybridized carbons (Fsp3) is 0.818. The van der Waals surface area contributed by atoms with Gasteiger partial charge >= 0.3 is 12.0 Å². The van der Waals surface area contributed by atoms with Crippen molar-refractivity contribution in [2.24, 2.45) is 11.8 Å². The highest BCUT2D eigenvalue weighted by molar-refractivity contribution is 5.77. The second-order valence-corrected chi connectivity index (χ2v) is 4.41. The normalized spacial score (nSPS) is 23.8. The molecule has 2 N–H and O–H groups in total. The maximum absolute atomic E-state index is 11.7. The van der Waals surface area contributed by atoms with Crippen LogP contribution < -0.4 is 5.32 Å². The molecule has 1 fully saturated rings. The van der Waals surface area contributed by atoms with Crippen LogP contribution in [0.15, 0.2) is 0 Å². The largest absolute Gasteiger partial charge is 0.481 e. The molecular formula is C11H20N2O4. The monoisotopic (exact) mass is 244 g/mol. The van der Waals surface area contributed by atoms with Crippen LogP contribution in [0.3, 0.4) is 0 Å². The number of hydrogen-bond donors (Lipinski definition) is 2. The number of nitrogens with one attached hydrogen (secondary N) is 1. The molecule has 1 rings (SSSR count). The van der Waals surface area contributed by atoms with Crippen LogP contribution in [0, 0.1) is 11.8 Å². The lowest BCUT2D eigenvalue weighted by Crippen LogP contribution is -2.39. The number of aliphatic carboxylic acids is 1. The van der Waals surface area contributed by atoms with E-state index in [9.17, 15) is 9.59 Å². The van der Waals surface area contributed by atoms with E-state index in [1.807, 2.05) is 6.92 Å². The molecule has 1 aliphatic heterocycles. The summed E-state index contributed by atoms with van der Waals surface area (Å²) in [6.45, 7) is 3.82. The molecule has 6 nitrogen and oxygen atoms in total. The van der Waals surface area contributed by atoms with E-state index >= 15 is 0 Å². The number of likely N-dealkylation sites (tertiary alicyclic amines) is 1. The van der Waals surface area contributed by atoms with Crippen molar-refractivity contribution >= 4 is 12.0 Å². The molecule has 1 saturated heterocycles. The molecule has 1 aliphatic rings. The van der Waals surface area contributed by atoms with Gasteiger partial charge in [-0.15, -0.1) is 0 Å². The van der Waals surface area contributed by atoms with Crippen LogP contribution in [0.2, 0.25) is 0 Å². The third-order valence-corrected chi connectivity index (χ3v) is 3.02. The number of nitrogens with zero attached hydrogens (tertiary/aromatic N) is 1. The zero-order chi connectivity index (χ0) is 12.8. The third kappa shape index (κ3) is 3.89. The Bertz CT molecular complexity index is 283. The van der Waals surface area contributed by atoms with Crippen LogP contribution in [0.1, 0.15) is 13.3 Å². The van der Waals surface area contributed by atoms with Gasteiger partial charge in [0.25, 0.3) is 0 Å². The SMILES string of the molecule is COCCCNC(=O)N1C[C@@H](C)[C@H](C(=O)O)C1. The van der Waals surface area contributed by atoms with Crippen LogP contribution in [-0.2, 0) is 9.53 Å². The average Bonchev–Trinajstić information content (AvgIpc) is 2.66. The van der Waals surface area contributed by atoms with Gasteiger partial charge in [0.1, 0.15) is 0 Å². The minimum atomic E-state index is -0.827. The van der Waals surface area contributed by atoms with Crippen LogP contribution in [0.4, 0.5) is 4.79 Å². The number of carbonyl (C=O) groups excluding carboxylic acids is 1. The third-order valence-electron chi connectivity index (χ3n) is 3.02. The van der Waals surface area contributed by atoms with E-state index in [1.165, 1.54) is 0 Å². The van der Waals surface area contributed by atoms with Gasteiger partial charge in [0.2, 0.25) is 0 Å². The Balaban J connectivity index is 2.32. The van der Waals surface area contributed by atoms with Gasteiger partial charge in [0, 0.05) is 33.4 Å². The molecular weight excluding hydrogens is 224 g/mol. The molecule has 0 aliphatic carbocycles. The number of methoxy groups -OCH3 is 1. The molecule has 2 amide bonds. The number of urea groups is 1. The molecule has 1 heterocycles. The van der Waals surface area contributed by atoms with Gasteiger partial charge in [-0.1, -0.05) is 6.92 Å². The Labute approximate surface area is 101 Å². The first kappa shape index (κ1) is 13.8. The summed E-state index contributed by atoms with van der Waals surface area (Å²) in [6.07, 6.45) is 0.758. The number of rotatable bonds is 5. The number of carbonyl (C=O) groups is 2. The molecule has 0 spiro atoms. The Morgan fingerprint density at radius 2 is 2.18 bits per heavy atom. The first-order valence-corrected chi connectivity index (χ1v) is 5.80. The van der Waals surface area contributed by atoms with Crippen LogP contribution in [0.25, 0.3) is 0 Å². The molecule has 2 atom stereocenters. The maximum atomic E-state index is 11.7. The van der Waals surface area contributed by atoms with Crippen molar-refractivity contribution in [3.63, 3.8) is 0 Å². The summed E-state index contributed by atoms with van der Waals surface area (Å²) in [7, 11) is 1.61. The maximum Gasteiger partial charge on any atom is 0.317 e. The van der Waals surface area contributed by atoms with Gasteiger partial charge in [-0.2, -0.15) is 0 Å². The zero-order valence-electron chi connectivity index (χ0n) is 10.3. The quantitative estimate of drug-likeness (QED) is 0.685. The smallest absolute Gasteiger partial charge is 0.317 e. The molecule has 0 unspecified atom stereocenters. The fourth-order valence-electron chi connectivity index (χ4n) is 1.98. The second kappa shape index (κ2) is 6.44. The van der Waals surface area contributed by atoms with Crippen molar-refractivity contribution in [1.29, 1.82) is 0 Å². The zero-order valence-corrected chi connectivity index (χ0v) is 10.3. The summed E-state index contributed by atoms with van der Waals surface area (Å²) in [4.78, 5) is 24.2. The minimum Gasteiger partial charge on any atom is -0.481 e. The Morgan fingerprint density at radius 3 is 2.71 bits per heavy atom. The first-order chi connectivity index (χ1) is 8.06. The molecule has 0 aromatic heterocycles. The molecule has 0 radical (unpaired) electrons. The predicted octanol–water partition coefficient (Wildman–Crippen LogP) is 0.385. The Kier molecular flexibility index (Phi) is 5.21. The number of carboxylic acids is 1. The van der Waals surface area contributed by atoms with Crippen molar-refractivity contribution < 1.29 is 19.4 Å². The van der Waals surface area contributed by atoms with Crippen molar-refractivity contribution in [3.8, 4) is 0 Å². The van der Waals surface area contributed by atoms with Gasteiger partial charge in [-0.25, -0.2) is 4.79 Å². The molecule has 17 heavy (non-hydrogen) atoms. The van der Waals surface area contributed by atoms with Gasteiger partial charge < -0.3 is 20.1 Å². The van der Waals surface area contributed by atoms with Gasteiger partial charge in [-0.3, -0.25) is 4.79 Å². The van der Waals surface area contributed by atoms with Crippen molar-refractivity contribution in [2.45, 2.75) is 13.3 Å². The molecule has 0 saturated carbocycles. The number of carboxylic acid groups (broad SMARTS) is 1. The van der Waals surface area contributed by atoms with E-state index < -0.39 is 11.9 Å². The fourth-order valence-corrected chi connectivity index (χ4v) is 1.98. The highest BCUT2D eigenvalue weighted by Gasteiger charge is 2.36. The Morgan fingerprint density at radius 1 is 1.47 bits per heavy atom. The summed E-state index contributed by atoms with van der Waals surface area (Å²) in [5.74, 6) is -1.26. The first-order valence-electron chi connectivity index (χ1n) is 5.80.